The lowest BCUT2D eigenvalue weighted by molar-refractivity contribution is -0.125. The molecule has 0 spiro atoms. The SMILES string of the molecule is CC(CCN)C(=O)NNC(=O)OCCS. The van der Waals surface area contributed by atoms with Gasteiger partial charge in [-0.05, 0) is 13.0 Å². The van der Waals surface area contributed by atoms with E-state index in [0.717, 1.165) is 0 Å². The number of carbonyl (C=O) groups is 2. The third-order valence-corrected chi connectivity index (χ3v) is 1.84. The van der Waals surface area contributed by atoms with Crippen LogP contribution in [0.25, 0.3) is 0 Å². The fraction of sp³-hybridized carbons (Fsp3) is 0.750. The van der Waals surface area contributed by atoms with Gasteiger partial charge in [0.05, 0.1) is 0 Å². The Kier molecular flexibility index (Phi) is 7.84. The summed E-state index contributed by atoms with van der Waals surface area (Å²) in [6.07, 6.45) is -0.128. The van der Waals surface area contributed by atoms with Crippen LogP contribution in [0.1, 0.15) is 13.3 Å². The van der Waals surface area contributed by atoms with Crippen LogP contribution < -0.4 is 16.6 Å². The van der Waals surface area contributed by atoms with Crippen molar-refractivity contribution in [3.8, 4) is 0 Å². The van der Waals surface area contributed by atoms with Gasteiger partial charge >= 0.3 is 6.09 Å². The highest BCUT2D eigenvalue weighted by Gasteiger charge is 2.12. The summed E-state index contributed by atoms with van der Waals surface area (Å²) in [7, 11) is 0. The molecular formula is C8H17N3O3S. The van der Waals surface area contributed by atoms with E-state index in [0.29, 0.717) is 18.7 Å². The van der Waals surface area contributed by atoms with Gasteiger partial charge in [-0.2, -0.15) is 12.6 Å². The zero-order chi connectivity index (χ0) is 11.7. The topological polar surface area (TPSA) is 93.5 Å². The second-order valence-corrected chi connectivity index (χ2v) is 3.40. The summed E-state index contributed by atoms with van der Waals surface area (Å²) in [6.45, 7) is 2.35. The van der Waals surface area contributed by atoms with E-state index >= 15 is 0 Å². The molecule has 0 bridgehead atoms. The second kappa shape index (κ2) is 8.37. The van der Waals surface area contributed by atoms with E-state index in [9.17, 15) is 9.59 Å². The molecule has 0 aromatic carbocycles. The third kappa shape index (κ3) is 7.03. The highest BCUT2D eigenvalue weighted by Crippen LogP contribution is 1.98. The van der Waals surface area contributed by atoms with Crippen molar-refractivity contribution in [1.29, 1.82) is 0 Å². The first kappa shape index (κ1) is 14.1. The van der Waals surface area contributed by atoms with Gasteiger partial charge in [-0.15, -0.1) is 0 Å². The van der Waals surface area contributed by atoms with E-state index < -0.39 is 6.09 Å². The first-order valence-corrected chi connectivity index (χ1v) is 5.28. The van der Waals surface area contributed by atoms with Gasteiger partial charge in [0.15, 0.2) is 0 Å². The normalized spacial score (nSPS) is 11.7. The van der Waals surface area contributed by atoms with Crippen LogP contribution in [0.5, 0.6) is 0 Å². The van der Waals surface area contributed by atoms with Crippen molar-refractivity contribution in [2.24, 2.45) is 11.7 Å². The van der Waals surface area contributed by atoms with Crippen molar-refractivity contribution in [3.05, 3.63) is 0 Å². The van der Waals surface area contributed by atoms with Gasteiger partial charge < -0.3 is 10.5 Å². The van der Waals surface area contributed by atoms with E-state index in [4.69, 9.17) is 5.73 Å². The van der Waals surface area contributed by atoms with Crippen LogP contribution in [0.2, 0.25) is 0 Å². The summed E-state index contributed by atoms with van der Waals surface area (Å²) < 4.78 is 4.62. The molecule has 15 heavy (non-hydrogen) atoms. The number of thiol groups is 1. The summed E-state index contributed by atoms with van der Waals surface area (Å²) in [4.78, 5) is 22.1. The maximum Gasteiger partial charge on any atom is 0.426 e. The number of hydrogen-bond donors (Lipinski definition) is 4. The molecule has 0 aliphatic carbocycles. The summed E-state index contributed by atoms with van der Waals surface area (Å²) >= 11 is 3.86. The Morgan fingerprint density at radius 1 is 1.47 bits per heavy atom. The lowest BCUT2D eigenvalue weighted by atomic mass is 10.1. The van der Waals surface area contributed by atoms with Gasteiger partial charge in [0.2, 0.25) is 5.91 Å². The lowest BCUT2D eigenvalue weighted by Crippen LogP contribution is -2.44. The van der Waals surface area contributed by atoms with Crippen LogP contribution in [-0.2, 0) is 9.53 Å². The summed E-state index contributed by atoms with van der Waals surface area (Å²) in [6, 6.07) is 0. The molecular weight excluding hydrogens is 218 g/mol. The maximum atomic E-state index is 11.3. The Bertz CT molecular complexity index is 213. The van der Waals surface area contributed by atoms with Gasteiger partial charge in [-0.1, -0.05) is 6.92 Å². The quantitative estimate of drug-likeness (QED) is 0.387. The number of nitrogens with two attached hydrogens (primary N) is 1. The molecule has 0 aliphatic heterocycles. The van der Waals surface area contributed by atoms with Crippen LogP contribution >= 0.6 is 12.6 Å². The minimum Gasteiger partial charge on any atom is -0.447 e. The molecule has 0 rings (SSSR count). The minimum atomic E-state index is -0.697. The molecule has 1 unspecified atom stereocenters. The van der Waals surface area contributed by atoms with E-state index in [1.165, 1.54) is 0 Å². The molecule has 0 saturated carbocycles. The zero-order valence-electron chi connectivity index (χ0n) is 8.66. The van der Waals surface area contributed by atoms with Crippen LogP contribution in [0.4, 0.5) is 4.79 Å². The minimum absolute atomic E-state index is 0.198. The monoisotopic (exact) mass is 235 g/mol. The summed E-state index contributed by atoms with van der Waals surface area (Å²) in [5.74, 6) is -0.0891. The first-order valence-electron chi connectivity index (χ1n) is 4.65. The van der Waals surface area contributed by atoms with Crippen LogP contribution in [-0.4, -0.2) is 30.9 Å². The predicted octanol–water partition coefficient (Wildman–Crippen LogP) is -0.341. The number of amides is 2. The van der Waals surface area contributed by atoms with Crippen molar-refractivity contribution >= 4 is 24.6 Å². The fourth-order valence-corrected chi connectivity index (χ4v) is 0.883. The van der Waals surface area contributed by atoms with Gasteiger partial charge in [0.25, 0.3) is 0 Å². The number of carbonyl (C=O) groups excluding carboxylic acids is 2. The van der Waals surface area contributed by atoms with Gasteiger partial charge in [-0.25, -0.2) is 10.2 Å². The molecule has 0 fully saturated rings. The van der Waals surface area contributed by atoms with Gasteiger partial charge in [0, 0.05) is 11.7 Å². The Hall–Kier alpha value is -0.950. The number of rotatable bonds is 5. The van der Waals surface area contributed by atoms with Crippen LogP contribution in [0.3, 0.4) is 0 Å². The van der Waals surface area contributed by atoms with Gasteiger partial charge in [0.1, 0.15) is 6.61 Å². The Morgan fingerprint density at radius 2 is 2.13 bits per heavy atom. The smallest absolute Gasteiger partial charge is 0.426 e. The lowest BCUT2D eigenvalue weighted by Gasteiger charge is -2.11. The second-order valence-electron chi connectivity index (χ2n) is 2.95. The van der Waals surface area contributed by atoms with Crippen LogP contribution in [0, 0.1) is 5.92 Å². The highest BCUT2D eigenvalue weighted by molar-refractivity contribution is 7.80. The van der Waals surface area contributed by atoms with E-state index in [-0.39, 0.29) is 18.4 Å². The van der Waals surface area contributed by atoms with Crippen LogP contribution in [0.15, 0.2) is 0 Å². The summed E-state index contributed by atoms with van der Waals surface area (Å²) in [5.41, 5.74) is 9.64. The highest BCUT2D eigenvalue weighted by atomic mass is 32.1. The van der Waals surface area contributed by atoms with E-state index in [1.807, 2.05) is 0 Å². The molecule has 0 aliphatic rings. The standard InChI is InChI=1S/C8H17N3O3S/c1-6(2-3-9)7(12)10-11-8(13)14-4-5-15/h6,15H,2-5,9H2,1H3,(H,10,12)(H,11,13). The molecule has 0 radical (unpaired) electrons. The molecule has 6 nitrogen and oxygen atoms in total. The molecule has 0 saturated heterocycles. The Balaban J connectivity index is 3.65. The van der Waals surface area contributed by atoms with Crippen molar-refractivity contribution < 1.29 is 14.3 Å². The number of hydrazine groups is 1. The average Bonchev–Trinajstić information content (AvgIpc) is 2.23. The Labute approximate surface area is 94.3 Å². The molecule has 2 amide bonds. The first-order chi connectivity index (χ1) is 7.11. The predicted molar refractivity (Wildman–Crippen MR) is 59.3 cm³/mol. The van der Waals surface area contributed by atoms with Crippen molar-refractivity contribution in [2.45, 2.75) is 13.3 Å². The summed E-state index contributed by atoms with van der Waals surface area (Å²) in [5, 5.41) is 0. The van der Waals surface area contributed by atoms with Gasteiger partial charge in [-0.3, -0.25) is 10.2 Å². The molecule has 0 aromatic heterocycles. The number of hydrogen-bond acceptors (Lipinski definition) is 5. The zero-order valence-corrected chi connectivity index (χ0v) is 9.55. The average molecular weight is 235 g/mol. The molecule has 4 N–H and O–H groups in total. The van der Waals surface area contributed by atoms with Crippen molar-refractivity contribution in [2.75, 3.05) is 18.9 Å². The largest absolute Gasteiger partial charge is 0.447 e. The Morgan fingerprint density at radius 3 is 2.67 bits per heavy atom. The molecule has 88 valence electrons. The molecule has 1 atom stereocenters. The number of ether oxygens (including phenoxy) is 1. The van der Waals surface area contributed by atoms with Crippen molar-refractivity contribution in [3.63, 3.8) is 0 Å². The van der Waals surface area contributed by atoms with E-state index in [1.54, 1.807) is 6.92 Å². The van der Waals surface area contributed by atoms with Crippen molar-refractivity contribution in [1.82, 2.24) is 10.9 Å². The third-order valence-electron chi connectivity index (χ3n) is 1.66. The van der Waals surface area contributed by atoms with E-state index in [2.05, 4.69) is 28.2 Å². The maximum absolute atomic E-state index is 11.3. The molecule has 0 aromatic rings. The molecule has 7 heteroatoms. The number of nitrogens with one attached hydrogen (secondary N) is 2. The molecule has 0 heterocycles. The fourth-order valence-electron chi connectivity index (χ4n) is 0.791.